The number of benzene rings is 2. The lowest BCUT2D eigenvalue weighted by Crippen LogP contribution is -2.35. The molecule has 5 nitrogen and oxygen atoms in total. The van der Waals surface area contributed by atoms with Crippen LogP contribution >= 0.6 is 0 Å². The number of aliphatic hydroxyl groups is 1. The van der Waals surface area contributed by atoms with Crippen LogP contribution in [0, 0.1) is 0 Å². The van der Waals surface area contributed by atoms with Gasteiger partial charge in [-0.3, -0.25) is 4.90 Å². The van der Waals surface area contributed by atoms with E-state index in [0.29, 0.717) is 19.8 Å². The van der Waals surface area contributed by atoms with Gasteiger partial charge in [-0.05, 0) is 36.2 Å². The molecule has 5 heteroatoms. The van der Waals surface area contributed by atoms with Crippen LogP contribution in [-0.2, 0) is 17.9 Å². The van der Waals surface area contributed by atoms with E-state index < -0.39 is 6.10 Å². The maximum absolute atomic E-state index is 10.3. The quantitative estimate of drug-likeness (QED) is 0.708. The van der Waals surface area contributed by atoms with Crippen LogP contribution in [0.15, 0.2) is 48.5 Å². The molecule has 0 spiro atoms. The van der Waals surface area contributed by atoms with Crippen molar-refractivity contribution in [2.75, 3.05) is 26.5 Å². The highest BCUT2D eigenvalue weighted by atomic mass is 16.7. The molecule has 1 aliphatic heterocycles. The summed E-state index contributed by atoms with van der Waals surface area (Å²) in [6, 6.07) is 16.1. The number of rotatable bonds is 10. The lowest BCUT2D eigenvalue weighted by Gasteiger charge is -2.24. The molecule has 1 unspecified atom stereocenters. The number of fused-ring (bicyclic) bond motifs is 1. The van der Waals surface area contributed by atoms with Gasteiger partial charge in [-0.2, -0.15) is 0 Å². The van der Waals surface area contributed by atoms with Crippen molar-refractivity contribution in [3.8, 4) is 11.5 Å². The van der Waals surface area contributed by atoms with Crippen LogP contribution in [0.5, 0.6) is 11.5 Å². The van der Waals surface area contributed by atoms with E-state index in [2.05, 4.69) is 24.0 Å². The Balaban J connectivity index is 1.43. The molecule has 0 bridgehead atoms. The normalized spacial score (nSPS) is 14.0. The smallest absolute Gasteiger partial charge is 0.231 e. The first-order valence-electron chi connectivity index (χ1n) is 9.15. The van der Waals surface area contributed by atoms with Gasteiger partial charge in [-0.25, -0.2) is 0 Å². The predicted octanol–water partition coefficient (Wildman–Crippen LogP) is 3.21. The Bertz CT molecular complexity index is 677. The summed E-state index contributed by atoms with van der Waals surface area (Å²) in [5, 5.41) is 10.3. The van der Waals surface area contributed by atoms with Gasteiger partial charge in [0.05, 0.1) is 19.3 Å². The Hall–Kier alpha value is -2.08. The molecular weight excluding hydrogens is 330 g/mol. The van der Waals surface area contributed by atoms with E-state index in [0.717, 1.165) is 36.6 Å². The molecule has 1 N–H and O–H groups in total. The molecule has 3 rings (SSSR count). The zero-order chi connectivity index (χ0) is 18.2. The van der Waals surface area contributed by atoms with Crippen molar-refractivity contribution in [3.63, 3.8) is 0 Å². The molecule has 0 radical (unpaired) electrons. The Morgan fingerprint density at radius 2 is 1.88 bits per heavy atom. The second-order valence-corrected chi connectivity index (χ2v) is 6.58. The van der Waals surface area contributed by atoms with E-state index >= 15 is 0 Å². The minimum atomic E-state index is -0.515. The van der Waals surface area contributed by atoms with E-state index in [-0.39, 0.29) is 6.79 Å². The minimum Gasteiger partial charge on any atom is -0.454 e. The zero-order valence-electron chi connectivity index (χ0n) is 15.3. The number of nitrogens with zero attached hydrogens (tertiary/aromatic N) is 1. The Morgan fingerprint density at radius 3 is 2.69 bits per heavy atom. The maximum Gasteiger partial charge on any atom is 0.231 e. The Labute approximate surface area is 155 Å². The molecule has 1 aliphatic rings. The summed E-state index contributed by atoms with van der Waals surface area (Å²) in [7, 11) is 0. The standard InChI is InChI=1S/C21H27NO4/c1-2-10-22(12-17-6-4-3-5-7-17)13-19(23)15-24-14-18-8-9-20-21(11-18)26-16-25-20/h3-9,11,19,23H,2,10,12-16H2,1H3. The summed E-state index contributed by atoms with van der Waals surface area (Å²) >= 11 is 0. The summed E-state index contributed by atoms with van der Waals surface area (Å²) in [4.78, 5) is 2.27. The largest absolute Gasteiger partial charge is 0.454 e. The van der Waals surface area contributed by atoms with Crippen LogP contribution in [0.2, 0.25) is 0 Å². The summed E-state index contributed by atoms with van der Waals surface area (Å²) < 4.78 is 16.4. The summed E-state index contributed by atoms with van der Waals surface area (Å²) in [5.41, 5.74) is 2.27. The molecule has 0 amide bonds. The maximum atomic E-state index is 10.3. The van der Waals surface area contributed by atoms with Gasteiger partial charge in [-0.15, -0.1) is 0 Å². The van der Waals surface area contributed by atoms with Crippen LogP contribution in [0.3, 0.4) is 0 Å². The van der Waals surface area contributed by atoms with Crippen LogP contribution in [-0.4, -0.2) is 42.6 Å². The van der Waals surface area contributed by atoms with Gasteiger partial charge in [0.1, 0.15) is 0 Å². The van der Waals surface area contributed by atoms with E-state index in [1.165, 1.54) is 5.56 Å². The molecule has 2 aromatic carbocycles. The highest BCUT2D eigenvalue weighted by Gasteiger charge is 2.14. The number of aliphatic hydroxyl groups excluding tert-OH is 1. The van der Waals surface area contributed by atoms with Crippen molar-refractivity contribution in [2.24, 2.45) is 0 Å². The first kappa shape index (κ1) is 18.7. The third-order valence-corrected chi connectivity index (χ3v) is 4.27. The molecule has 0 aliphatic carbocycles. The first-order chi connectivity index (χ1) is 12.7. The Kier molecular flexibility index (Phi) is 6.89. The summed E-state index contributed by atoms with van der Waals surface area (Å²) in [6.45, 7) is 5.57. The second-order valence-electron chi connectivity index (χ2n) is 6.58. The molecule has 2 aromatic rings. The van der Waals surface area contributed by atoms with Crippen LogP contribution in [0.25, 0.3) is 0 Å². The van der Waals surface area contributed by atoms with E-state index in [1.54, 1.807) is 0 Å². The van der Waals surface area contributed by atoms with Gasteiger partial charge in [0, 0.05) is 13.1 Å². The fourth-order valence-corrected chi connectivity index (χ4v) is 3.09. The predicted molar refractivity (Wildman–Crippen MR) is 100 cm³/mol. The number of hydrogen-bond acceptors (Lipinski definition) is 5. The fourth-order valence-electron chi connectivity index (χ4n) is 3.09. The lowest BCUT2D eigenvalue weighted by atomic mass is 10.2. The number of ether oxygens (including phenoxy) is 3. The molecular formula is C21H27NO4. The highest BCUT2D eigenvalue weighted by molar-refractivity contribution is 5.44. The van der Waals surface area contributed by atoms with Crippen molar-refractivity contribution in [3.05, 3.63) is 59.7 Å². The average molecular weight is 357 g/mol. The van der Waals surface area contributed by atoms with Gasteiger partial charge in [0.25, 0.3) is 0 Å². The van der Waals surface area contributed by atoms with Crippen molar-refractivity contribution in [1.82, 2.24) is 4.90 Å². The average Bonchev–Trinajstić information content (AvgIpc) is 3.10. The molecule has 26 heavy (non-hydrogen) atoms. The van der Waals surface area contributed by atoms with Gasteiger partial charge in [-0.1, -0.05) is 43.3 Å². The zero-order valence-corrected chi connectivity index (χ0v) is 15.3. The topological polar surface area (TPSA) is 51.2 Å². The van der Waals surface area contributed by atoms with Crippen molar-refractivity contribution < 1.29 is 19.3 Å². The van der Waals surface area contributed by atoms with Gasteiger partial charge in [0.15, 0.2) is 11.5 Å². The van der Waals surface area contributed by atoms with E-state index in [4.69, 9.17) is 14.2 Å². The van der Waals surface area contributed by atoms with E-state index in [9.17, 15) is 5.11 Å². The Morgan fingerprint density at radius 1 is 1.08 bits per heavy atom. The fraction of sp³-hybridized carbons (Fsp3) is 0.429. The van der Waals surface area contributed by atoms with Gasteiger partial charge in [0.2, 0.25) is 6.79 Å². The first-order valence-corrected chi connectivity index (χ1v) is 9.15. The molecule has 0 fully saturated rings. The lowest BCUT2D eigenvalue weighted by molar-refractivity contribution is 0.00853. The molecule has 0 aromatic heterocycles. The SMILES string of the molecule is CCCN(Cc1ccccc1)CC(O)COCc1ccc2c(c1)OCO2. The molecule has 1 heterocycles. The summed E-state index contributed by atoms with van der Waals surface area (Å²) in [6.07, 6.45) is 0.539. The van der Waals surface area contributed by atoms with E-state index in [1.807, 2.05) is 36.4 Å². The molecule has 140 valence electrons. The summed E-state index contributed by atoms with van der Waals surface area (Å²) in [5.74, 6) is 1.52. The van der Waals surface area contributed by atoms with Gasteiger partial charge < -0.3 is 19.3 Å². The van der Waals surface area contributed by atoms with Crippen LogP contribution < -0.4 is 9.47 Å². The highest BCUT2D eigenvalue weighted by Crippen LogP contribution is 2.32. The van der Waals surface area contributed by atoms with Crippen molar-refractivity contribution in [1.29, 1.82) is 0 Å². The second kappa shape index (κ2) is 9.57. The van der Waals surface area contributed by atoms with Crippen molar-refractivity contribution in [2.45, 2.75) is 32.6 Å². The minimum absolute atomic E-state index is 0.271. The number of hydrogen-bond donors (Lipinski definition) is 1. The molecule has 0 saturated heterocycles. The monoisotopic (exact) mass is 357 g/mol. The third-order valence-electron chi connectivity index (χ3n) is 4.27. The van der Waals surface area contributed by atoms with Crippen LogP contribution in [0.1, 0.15) is 24.5 Å². The molecule has 1 atom stereocenters. The molecule has 0 saturated carbocycles. The van der Waals surface area contributed by atoms with Gasteiger partial charge >= 0.3 is 0 Å². The van der Waals surface area contributed by atoms with Crippen LogP contribution in [0.4, 0.5) is 0 Å². The third kappa shape index (κ3) is 5.46. The van der Waals surface area contributed by atoms with Crippen molar-refractivity contribution >= 4 is 0 Å².